The number of phenolic OH excluding ortho intramolecular Hbond substituents is 1. The lowest BCUT2D eigenvalue weighted by Crippen LogP contribution is -1.96. The number of aromatic nitrogens is 3. The Kier molecular flexibility index (Phi) is 3.63. The maximum absolute atomic E-state index is 9.49. The first-order chi connectivity index (χ1) is 11.6. The van der Waals surface area contributed by atoms with Crippen molar-refractivity contribution in [2.45, 2.75) is 0 Å². The minimum Gasteiger partial charge on any atom is -0.508 e. The standard InChI is InChI=1S/C18H11Cl2N3O/c19-14-6-5-13-16(23-8-7-21-10-23)9-15(22-18(13)17(14)20)11-1-3-12(24)4-2-11/h1-10,24H. The summed E-state index contributed by atoms with van der Waals surface area (Å²) in [5.41, 5.74) is 3.13. The summed E-state index contributed by atoms with van der Waals surface area (Å²) in [6, 6.07) is 12.5. The third kappa shape index (κ3) is 2.50. The first kappa shape index (κ1) is 15.0. The van der Waals surface area contributed by atoms with Crippen molar-refractivity contribution in [1.82, 2.24) is 14.5 Å². The molecule has 0 radical (unpaired) electrons. The van der Waals surface area contributed by atoms with Crippen molar-refractivity contribution >= 4 is 34.1 Å². The van der Waals surface area contributed by atoms with Crippen LogP contribution < -0.4 is 0 Å². The molecule has 0 aliphatic heterocycles. The van der Waals surface area contributed by atoms with Gasteiger partial charge in [-0.2, -0.15) is 0 Å². The molecule has 1 N–H and O–H groups in total. The average molecular weight is 356 g/mol. The van der Waals surface area contributed by atoms with Crippen molar-refractivity contribution in [1.29, 1.82) is 0 Å². The lowest BCUT2D eigenvalue weighted by atomic mass is 10.1. The Labute approximate surface area is 147 Å². The number of hydrogen-bond acceptors (Lipinski definition) is 3. The molecule has 24 heavy (non-hydrogen) atoms. The van der Waals surface area contributed by atoms with E-state index in [1.807, 2.05) is 22.9 Å². The summed E-state index contributed by atoms with van der Waals surface area (Å²) < 4.78 is 1.90. The van der Waals surface area contributed by atoms with Crippen LogP contribution in [0.3, 0.4) is 0 Å². The van der Waals surface area contributed by atoms with Gasteiger partial charge in [-0.25, -0.2) is 9.97 Å². The predicted molar refractivity (Wildman–Crippen MR) is 96.0 cm³/mol. The van der Waals surface area contributed by atoms with Gasteiger partial charge in [-0.3, -0.25) is 0 Å². The van der Waals surface area contributed by atoms with Crippen LogP contribution in [0.25, 0.3) is 27.8 Å². The van der Waals surface area contributed by atoms with Crippen molar-refractivity contribution in [3.8, 4) is 22.7 Å². The predicted octanol–water partition coefficient (Wildman–Crippen LogP) is 5.10. The number of hydrogen-bond donors (Lipinski definition) is 1. The number of halogens is 2. The summed E-state index contributed by atoms with van der Waals surface area (Å²) in [4.78, 5) is 8.78. The van der Waals surface area contributed by atoms with Crippen LogP contribution in [0.5, 0.6) is 5.75 Å². The highest BCUT2D eigenvalue weighted by atomic mass is 35.5. The van der Waals surface area contributed by atoms with Crippen LogP contribution >= 0.6 is 23.2 Å². The molecule has 2 aromatic heterocycles. The van der Waals surface area contributed by atoms with E-state index in [2.05, 4.69) is 9.97 Å². The number of nitrogens with zero attached hydrogens (tertiary/aromatic N) is 3. The van der Waals surface area contributed by atoms with Crippen LogP contribution in [0.1, 0.15) is 0 Å². The molecule has 0 bridgehead atoms. The maximum Gasteiger partial charge on any atom is 0.115 e. The van der Waals surface area contributed by atoms with E-state index in [4.69, 9.17) is 23.2 Å². The summed E-state index contributed by atoms with van der Waals surface area (Å²) >= 11 is 12.5. The van der Waals surface area contributed by atoms with Gasteiger partial charge >= 0.3 is 0 Å². The van der Waals surface area contributed by atoms with Gasteiger partial charge in [-0.1, -0.05) is 23.2 Å². The molecule has 4 rings (SSSR count). The van der Waals surface area contributed by atoms with E-state index in [9.17, 15) is 5.11 Å². The fourth-order valence-corrected chi connectivity index (χ4v) is 2.97. The third-order valence-corrected chi connectivity index (χ3v) is 4.59. The SMILES string of the molecule is Oc1ccc(-c2cc(-n3ccnc3)c3ccc(Cl)c(Cl)c3n2)cc1. The molecule has 4 aromatic rings. The third-order valence-electron chi connectivity index (χ3n) is 3.80. The van der Waals surface area contributed by atoms with Gasteiger partial charge in [0.15, 0.2) is 0 Å². The second-order valence-electron chi connectivity index (χ2n) is 5.30. The normalized spacial score (nSPS) is 11.1. The highest BCUT2D eigenvalue weighted by Crippen LogP contribution is 2.35. The summed E-state index contributed by atoms with van der Waals surface area (Å²) in [7, 11) is 0. The monoisotopic (exact) mass is 355 g/mol. The second-order valence-corrected chi connectivity index (χ2v) is 6.09. The van der Waals surface area contributed by atoms with E-state index in [1.54, 1.807) is 42.9 Å². The van der Waals surface area contributed by atoms with E-state index < -0.39 is 0 Å². The van der Waals surface area contributed by atoms with Gasteiger partial charge < -0.3 is 9.67 Å². The Hall–Kier alpha value is -2.56. The molecule has 2 aromatic carbocycles. The number of fused-ring (bicyclic) bond motifs is 1. The Balaban J connectivity index is 2.05. The van der Waals surface area contributed by atoms with Crippen molar-refractivity contribution in [2.24, 2.45) is 0 Å². The van der Waals surface area contributed by atoms with Gasteiger partial charge in [-0.05, 0) is 42.5 Å². The van der Waals surface area contributed by atoms with Crippen LogP contribution in [-0.2, 0) is 0 Å². The molecule has 0 aliphatic carbocycles. The molecule has 0 atom stereocenters. The smallest absolute Gasteiger partial charge is 0.115 e. The molecule has 0 saturated heterocycles. The van der Waals surface area contributed by atoms with Crippen LogP contribution in [0.15, 0.2) is 61.2 Å². The van der Waals surface area contributed by atoms with Crippen LogP contribution in [-0.4, -0.2) is 19.6 Å². The number of imidazole rings is 1. The van der Waals surface area contributed by atoms with Gasteiger partial charge in [-0.15, -0.1) is 0 Å². The van der Waals surface area contributed by atoms with Crippen molar-refractivity contribution in [2.75, 3.05) is 0 Å². The molecule has 2 heterocycles. The zero-order chi connectivity index (χ0) is 16.7. The van der Waals surface area contributed by atoms with Gasteiger partial charge in [0.05, 0.1) is 33.3 Å². The van der Waals surface area contributed by atoms with Gasteiger partial charge in [0.2, 0.25) is 0 Å². The highest BCUT2D eigenvalue weighted by molar-refractivity contribution is 6.45. The molecule has 118 valence electrons. The quantitative estimate of drug-likeness (QED) is 0.544. The van der Waals surface area contributed by atoms with Crippen LogP contribution in [0, 0.1) is 0 Å². The van der Waals surface area contributed by atoms with Crippen LogP contribution in [0.4, 0.5) is 0 Å². The molecule has 4 nitrogen and oxygen atoms in total. The zero-order valence-electron chi connectivity index (χ0n) is 12.3. The molecule has 0 fully saturated rings. The zero-order valence-corrected chi connectivity index (χ0v) is 13.8. The molecule has 0 amide bonds. The first-order valence-electron chi connectivity index (χ1n) is 7.20. The Morgan fingerprint density at radius 3 is 2.50 bits per heavy atom. The number of benzene rings is 2. The topological polar surface area (TPSA) is 50.9 Å². The fraction of sp³-hybridized carbons (Fsp3) is 0. The Bertz CT molecular complexity index is 1030. The summed E-state index contributed by atoms with van der Waals surface area (Å²) in [5, 5.41) is 11.2. The number of aromatic hydroxyl groups is 1. The number of rotatable bonds is 2. The minimum absolute atomic E-state index is 0.204. The van der Waals surface area contributed by atoms with Crippen molar-refractivity contribution in [3.05, 3.63) is 71.2 Å². The van der Waals surface area contributed by atoms with Crippen molar-refractivity contribution in [3.63, 3.8) is 0 Å². The highest BCUT2D eigenvalue weighted by Gasteiger charge is 2.13. The van der Waals surface area contributed by atoms with E-state index in [0.717, 1.165) is 22.3 Å². The number of pyridine rings is 1. The lowest BCUT2D eigenvalue weighted by Gasteiger charge is -2.12. The van der Waals surface area contributed by atoms with Gasteiger partial charge in [0.1, 0.15) is 5.75 Å². The Morgan fingerprint density at radius 2 is 1.79 bits per heavy atom. The lowest BCUT2D eigenvalue weighted by molar-refractivity contribution is 0.475. The first-order valence-corrected chi connectivity index (χ1v) is 7.95. The van der Waals surface area contributed by atoms with E-state index in [0.29, 0.717) is 15.6 Å². The number of phenols is 1. The maximum atomic E-state index is 9.49. The molecular weight excluding hydrogens is 345 g/mol. The molecule has 0 aliphatic rings. The van der Waals surface area contributed by atoms with E-state index in [1.165, 1.54) is 0 Å². The van der Waals surface area contributed by atoms with Gasteiger partial charge in [0, 0.05) is 23.3 Å². The summed E-state index contributed by atoms with van der Waals surface area (Å²) in [6.07, 6.45) is 5.29. The average Bonchev–Trinajstić information content (AvgIpc) is 3.12. The Morgan fingerprint density at radius 1 is 1.00 bits per heavy atom. The summed E-state index contributed by atoms with van der Waals surface area (Å²) in [6.45, 7) is 0. The van der Waals surface area contributed by atoms with E-state index >= 15 is 0 Å². The molecule has 0 saturated carbocycles. The van der Waals surface area contributed by atoms with Crippen LogP contribution in [0.2, 0.25) is 10.0 Å². The minimum atomic E-state index is 0.204. The second kappa shape index (κ2) is 5.82. The largest absolute Gasteiger partial charge is 0.508 e. The van der Waals surface area contributed by atoms with Crippen molar-refractivity contribution < 1.29 is 5.11 Å². The molecule has 0 unspecified atom stereocenters. The molecular formula is C18H11Cl2N3O. The van der Waals surface area contributed by atoms with E-state index in [-0.39, 0.29) is 5.75 Å². The molecule has 0 spiro atoms. The van der Waals surface area contributed by atoms with Gasteiger partial charge in [0.25, 0.3) is 0 Å². The fourth-order valence-electron chi connectivity index (χ4n) is 2.61. The summed E-state index contributed by atoms with van der Waals surface area (Å²) in [5.74, 6) is 0.204. The molecule has 6 heteroatoms.